The number of nitrogens with one attached hydrogen (secondary N) is 1. The van der Waals surface area contributed by atoms with E-state index in [9.17, 15) is 18.8 Å². The number of pyridine rings is 1. The molecule has 0 aliphatic heterocycles. The average molecular weight is 391 g/mol. The number of hydrogen-bond acceptors (Lipinski definition) is 7. The van der Waals surface area contributed by atoms with Crippen LogP contribution >= 0.6 is 0 Å². The number of carbonyl (C=O) groups excluding carboxylic acids is 3. The first-order chi connectivity index (χ1) is 13.1. The number of nitrogens with zero attached hydrogens (tertiary/aromatic N) is 1. The highest BCUT2D eigenvalue weighted by Crippen LogP contribution is 2.20. The number of hydrogen-bond donors (Lipinski definition) is 2. The number of carbonyl (C=O) groups is 3. The Bertz CT molecular complexity index is 832. The third-order valence-corrected chi connectivity index (χ3v) is 2.97. The van der Waals surface area contributed by atoms with Crippen molar-refractivity contribution in [3.05, 3.63) is 53.6 Å². The lowest BCUT2D eigenvalue weighted by molar-refractivity contribution is 0.0591. The van der Waals surface area contributed by atoms with Gasteiger partial charge in [-0.05, 0) is 51.1 Å². The normalized spacial score (nSPS) is 10.2. The van der Waals surface area contributed by atoms with Gasteiger partial charge in [0.1, 0.15) is 17.1 Å². The SMILES string of the molecule is CC(C)(C)OC(=O)Nc1ccc(F)cc1N.COC(=O)c1ccc(C=O)cn1. The van der Waals surface area contributed by atoms with E-state index in [4.69, 9.17) is 10.5 Å². The van der Waals surface area contributed by atoms with Crippen LogP contribution in [0.5, 0.6) is 0 Å². The Morgan fingerprint density at radius 3 is 2.36 bits per heavy atom. The van der Waals surface area contributed by atoms with Crippen molar-refractivity contribution in [1.82, 2.24) is 4.98 Å². The predicted molar refractivity (Wildman–Crippen MR) is 102 cm³/mol. The summed E-state index contributed by atoms with van der Waals surface area (Å²) in [7, 11) is 1.28. The number of rotatable bonds is 3. The summed E-state index contributed by atoms with van der Waals surface area (Å²) in [5.41, 5.74) is 6.06. The average Bonchev–Trinajstić information content (AvgIpc) is 2.62. The van der Waals surface area contributed by atoms with Crippen LogP contribution in [-0.2, 0) is 9.47 Å². The molecule has 0 fully saturated rings. The number of aldehydes is 1. The molecule has 1 aromatic carbocycles. The fourth-order valence-corrected chi connectivity index (χ4v) is 1.76. The van der Waals surface area contributed by atoms with Crippen molar-refractivity contribution in [3.8, 4) is 0 Å². The molecule has 8 nitrogen and oxygen atoms in total. The number of nitrogens with two attached hydrogens (primary N) is 1. The lowest BCUT2D eigenvalue weighted by Gasteiger charge is -2.20. The van der Waals surface area contributed by atoms with Crippen molar-refractivity contribution in [2.45, 2.75) is 26.4 Å². The van der Waals surface area contributed by atoms with Crippen molar-refractivity contribution >= 4 is 29.7 Å². The van der Waals surface area contributed by atoms with Gasteiger partial charge in [-0.2, -0.15) is 0 Å². The number of aromatic nitrogens is 1. The number of ether oxygens (including phenoxy) is 2. The Balaban J connectivity index is 0.000000292. The standard InChI is InChI=1S/C11H15FN2O2.C8H7NO3/c1-11(2,3)16-10(15)14-9-5-4-7(12)6-8(9)13;1-12-8(11)7-3-2-6(5-10)4-9-7/h4-6H,13H2,1-3H3,(H,14,15);2-5H,1H3. The van der Waals surface area contributed by atoms with Crippen LogP contribution < -0.4 is 11.1 Å². The summed E-state index contributed by atoms with van der Waals surface area (Å²) in [4.78, 5) is 36.1. The molecule has 9 heteroatoms. The second-order valence-electron chi connectivity index (χ2n) is 6.44. The first-order valence-electron chi connectivity index (χ1n) is 8.10. The number of methoxy groups -OCH3 is 1. The molecule has 0 saturated carbocycles. The van der Waals surface area contributed by atoms with E-state index in [1.54, 1.807) is 20.8 Å². The number of nitrogen functional groups attached to an aromatic ring is 1. The van der Waals surface area contributed by atoms with Gasteiger partial charge >= 0.3 is 12.1 Å². The van der Waals surface area contributed by atoms with Gasteiger partial charge in [0.05, 0.1) is 18.5 Å². The van der Waals surface area contributed by atoms with Crippen molar-refractivity contribution in [2.24, 2.45) is 0 Å². The van der Waals surface area contributed by atoms with Gasteiger partial charge in [-0.25, -0.2) is 19.0 Å². The number of halogens is 1. The Labute approximate surface area is 161 Å². The molecule has 0 unspecified atom stereocenters. The topological polar surface area (TPSA) is 121 Å². The molecule has 0 saturated heterocycles. The minimum atomic E-state index is -0.620. The number of esters is 1. The second-order valence-corrected chi connectivity index (χ2v) is 6.44. The molecule has 0 aliphatic rings. The van der Waals surface area contributed by atoms with Crippen LogP contribution in [0.15, 0.2) is 36.5 Å². The predicted octanol–water partition coefficient (Wildman–Crippen LogP) is 3.44. The molecule has 0 aliphatic carbocycles. The molecule has 0 atom stereocenters. The van der Waals surface area contributed by atoms with E-state index < -0.39 is 23.5 Å². The number of anilines is 2. The molecule has 2 rings (SSSR count). The minimum Gasteiger partial charge on any atom is -0.464 e. The summed E-state index contributed by atoms with van der Waals surface area (Å²) >= 11 is 0. The monoisotopic (exact) mass is 391 g/mol. The summed E-state index contributed by atoms with van der Waals surface area (Å²) in [6.07, 6.45) is 1.36. The van der Waals surface area contributed by atoms with Crippen LogP contribution in [0.1, 0.15) is 41.6 Å². The lowest BCUT2D eigenvalue weighted by Crippen LogP contribution is -2.27. The van der Waals surface area contributed by atoms with E-state index in [0.29, 0.717) is 17.5 Å². The molecule has 1 amide bonds. The molecule has 0 bridgehead atoms. The molecule has 2 aromatic rings. The van der Waals surface area contributed by atoms with Crippen molar-refractivity contribution in [1.29, 1.82) is 0 Å². The molecule has 150 valence electrons. The van der Waals surface area contributed by atoms with E-state index in [2.05, 4.69) is 15.0 Å². The Hall–Kier alpha value is -3.49. The van der Waals surface area contributed by atoms with Gasteiger partial charge in [0.25, 0.3) is 0 Å². The highest BCUT2D eigenvalue weighted by molar-refractivity contribution is 5.89. The first kappa shape index (κ1) is 22.6. The Morgan fingerprint density at radius 1 is 1.21 bits per heavy atom. The lowest BCUT2D eigenvalue weighted by atomic mass is 10.2. The zero-order valence-corrected chi connectivity index (χ0v) is 16.0. The maximum Gasteiger partial charge on any atom is 0.412 e. The van der Waals surface area contributed by atoms with E-state index >= 15 is 0 Å². The van der Waals surface area contributed by atoms with E-state index in [0.717, 1.165) is 6.07 Å². The van der Waals surface area contributed by atoms with Crippen molar-refractivity contribution < 1.29 is 28.2 Å². The summed E-state index contributed by atoms with van der Waals surface area (Å²) in [6.45, 7) is 5.25. The van der Waals surface area contributed by atoms with Crippen molar-refractivity contribution in [3.63, 3.8) is 0 Å². The van der Waals surface area contributed by atoms with Crippen molar-refractivity contribution in [2.75, 3.05) is 18.2 Å². The Morgan fingerprint density at radius 2 is 1.89 bits per heavy atom. The fraction of sp³-hybridized carbons (Fsp3) is 0.263. The first-order valence-corrected chi connectivity index (χ1v) is 8.10. The van der Waals surface area contributed by atoms with Gasteiger partial charge in [-0.3, -0.25) is 10.1 Å². The highest BCUT2D eigenvalue weighted by atomic mass is 19.1. The molecule has 1 heterocycles. The minimum absolute atomic E-state index is 0.158. The maximum atomic E-state index is 12.7. The molecule has 0 radical (unpaired) electrons. The zero-order chi connectivity index (χ0) is 21.3. The van der Waals surface area contributed by atoms with Crippen LogP contribution in [0, 0.1) is 5.82 Å². The fourth-order valence-electron chi connectivity index (χ4n) is 1.76. The molecule has 0 spiro atoms. The molecule has 28 heavy (non-hydrogen) atoms. The summed E-state index contributed by atoms with van der Waals surface area (Å²) in [6, 6.07) is 6.67. The molecule has 3 N–H and O–H groups in total. The van der Waals surface area contributed by atoms with Gasteiger partial charge in [-0.1, -0.05) is 0 Å². The van der Waals surface area contributed by atoms with E-state index in [-0.39, 0.29) is 11.4 Å². The molecule has 1 aromatic heterocycles. The van der Waals surface area contributed by atoms with Gasteiger partial charge in [-0.15, -0.1) is 0 Å². The molecular weight excluding hydrogens is 369 g/mol. The van der Waals surface area contributed by atoms with E-state index in [1.807, 2.05) is 0 Å². The van der Waals surface area contributed by atoms with Gasteiger partial charge in [0, 0.05) is 11.8 Å². The van der Waals surface area contributed by atoms with E-state index in [1.165, 1.54) is 37.6 Å². The zero-order valence-electron chi connectivity index (χ0n) is 16.0. The van der Waals surface area contributed by atoms with Crippen LogP contribution in [-0.4, -0.2) is 36.0 Å². The van der Waals surface area contributed by atoms with Crippen LogP contribution in [0.2, 0.25) is 0 Å². The summed E-state index contributed by atoms with van der Waals surface area (Å²) < 4.78 is 22.2. The van der Waals surface area contributed by atoms with Crippen LogP contribution in [0.25, 0.3) is 0 Å². The van der Waals surface area contributed by atoms with Gasteiger partial charge in [0.2, 0.25) is 0 Å². The highest BCUT2D eigenvalue weighted by Gasteiger charge is 2.16. The summed E-state index contributed by atoms with van der Waals surface area (Å²) in [5, 5.41) is 2.44. The third kappa shape index (κ3) is 7.81. The number of benzene rings is 1. The third-order valence-electron chi connectivity index (χ3n) is 2.97. The van der Waals surface area contributed by atoms with Crippen LogP contribution in [0.4, 0.5) is 20.6 Å². The largest absolute Gasteiger partial charge is 0.464 e. The van der Waals surface area contributed by atoms with Gasteiger partial charge in [0.15, 0.2) is 6.29 Å². The Kier molecular flexibility index (Phi) is 8.06. The van der Waals surface area contributed by atoms with Crippen LogP contribution in [0.3, 0.4) is 0 Å². The maximum absolute atomic E-state index is 12.7. The number of amides is 1. The smallest absolute Gasteiger partial charge is 0.412 e. The summed E-state index contributed by atoms with van der Waals surface area (Å²) in [5.74, 6) is -0.959. The van der Waals surface area contributed by atoms with Gasteiger partial charge < -0.3 is 15.2 Å². The quantitative estimate of drug-likeness (QED) is 0.467. The molecular formula is C19H22FN3O5. The second kappa shape index (κ2) is 10.0.